The van der Waals surface area contributed by atoms with Crippen LogP contribution in [0.1, 0.15) is 58.3 Å². The van der Waals surface area contributed by atoms with Gasteiger partial charge in [-0.2, -0.15) is 0 Å². The molecule has 2 heteroatoms. The van der Waals surface area contributed by atoms with Crippen LogP contribution in [0.2, 0.25) is 0 Å². The minimum absolute atomic E-state index is 0.916. The van der Waals surface area contributed by atoms with Gasteiger partial charge in [0.05, 0.1) is 0 Å². The van der Waals surface area contributed by atoms with E-state index in [2.05, 4.69) is 16.7 Å². The van der Waals surface area contributed by atoms with Gasteiger partial charge >= 0.3 is 0 Å². The molecule has 1 aliphatic heterocycles. The summed E-state index contributed by atoms with van der Waals surface area (Å²) in [6, 6.07) is 1.86. The molecular weight excluding hydrogens is 220 g/mol. The Morgan fingerprint density at radius 2 is 1.22 bits per heavy atom. The zero-order chi connectivity index (χ0) is 12.4. The first-order chi connectivity index (χ1) is 8.83. The van der Waals surface area contributed by atoms with E-state index in [1.54, 1.807) is 0 Å². The molecule has 0 aromatic carbocycles. The van der Waals surface area contributed by atoms with Crippen molar-refractivity contribution < 1.29 is 0 Å². The van der Waals surface area contributed by atoms with E-state index in [-0.39, 0.29) is 0 Å². The van der Waals surface area contributed by atoms with E-state index >= 15 is 0 Å². The largest absolute Gasteiger partial charge is 0.298 e. The number of piperazine rings is 1. The fourth-order valence-corrected chi connectivity index (χ4v) is 4.47. The second-order valence-electron chi connectivity index (χ2n) is 6.94. The summed E-state index contributed by atoms with van der Waals surface area (Å²) in [7, 11) is 0. The topological polar surface area (TPSA) is 6.48 Å². The molecule has 0 spiro atoms. The molecule has 2 saturated carbocycles. The van der Waals surface area contributed by atoms with Gasteiger partial charge in [0.25, 0.3) is 0 Å². The van der Waals surface area contributed by atoms with Gasteiger partial charge in [0, 0.05) is 38.3 Å². The molecule has 1 saturated heterocycles. The van der Waals surface area contributed by atoms with Crippen LogP contribution in [-0.2, 0) is 0 Å². The van der Waals surface area contributed by atoms with E-state index < -0.39 is 0 Å². The van der Waals surface area contributed by atoms with Crippen LogP contribution in [0, 0.1) is 5.92 Å². The smallest absolute Gasteiger partial charge is 0.0113 e. The van der Waals surface area contributed by atoms with Crippen LogP contribution in [0.5, 0.6) is 0 Å². The van der Waals surface area contributed by atoms with Gasteiger partial charge < -0.3 is 0 Å². The molecule has 0 radical (unpaired) electrons. The lowest BCUT2D eigenvalue weighted by Gasteiger charge is -2.43. The lowest BCUT2D eigenvalue weighted by molar-refractivity contribution is 0.0504. The quantitative estimate of drug-likeness (QED) is 0.743. The number of nitrogens with zero attached hydrogens (tertiary/aromatic N) is 2. The summed E-state index contributed by atoms with van der Waals surface area (Å²) in [5.41, 5.74) is 0. The summed E-state index contributed by atoms with van der Waals surface area (Å²) in [6.45, 7) is 7.81. The molecule has 0 bridgehead atoms. The van der Waals surface area contributed by atoms with Crippen LogP contribution >= 0.6 is 0 Å². The Kier molecular flexibility index (Phi) is 4.25. The van der Waals surface area contributed by atoms with E-state index in [1.165, 1.54) is 77.5 Å². The van der Waals surface area contributed by atoms with Crippen molar-refractivity contribution in [1.82, 2.24) is 9.80 Å². The summed E-state index contributed by atoms with van der Waals surface area (Å²) in [6.07, 6.45) is 11.8. The molecule has 1 heterocycles. The number of hydrogen-bond acceptors (Lipinski definition) is 2. The van der Waals surface area contributed by atoms with Crippen LogP contribution in [0.25, 0.3) is 0 Å². The molecule has 0 N–H and O–H groups in total. The van der Waals surface area contributed by atoms with E-state index in [0.29, 0.717) is 0 Å². The van der Waals surface area contributed by atoms with Gasteiger partial charge in [0.1, 0.15) is 0 Å². The Hall–Kier alpha value is -0.0800. The Balaban J connectivity index is 1.47. The van der Waals surface area contributed by atoms with Crippen molar-refractivity contribution in [3.8, 4) is 0 Å². The van der Waals surface area contributed by atoms with Crippen molar-refractivity contribution >= 4 is 0 Å². The van der Waals surface area contributed by atoms with Crippen molar-refractivity contribution in [3.05, 3.63) is 0 Å². The molecule has 3 rings (SSSR count). The Labute approximate surface area is 113 Å². The summed E-state index contributed by atoms with van der Waals surface area (Å²) >= 11 is 0. The molecule has 3 fully saturated rings. The summed E-state index contributed by atoms with van der Waals surface area (Å²) in [5.74, 6) is 0.969. The predicted molar refractivity (Wildman–Crippen MR) is 76.8 cm³/mol. The van der Waals surface area contributed by atoms with Crippen molar-refractivity contribution in [3.63, 3.8) is 0 Å². The second kappa shape index (κ2) is 5.92. The summed E-state index contributed by atoms with van der Waals surface area (Å²) in [5, 5.41) is 0. The monoisotopic (exact) mass is 250 g/mol. The third-order valence-electron chi connectivity index (χ3n) is 5.62. The van der Waals surface area contributed by atoms with Crippen molar-refractivity contribution in [2.24, 2.45) is 5.92 Å². The standard InChI is InChI=1S/C16H30N2/c1-14-5-4-8-16(13-14)18-11-9-17(10-12-18)15-6-2-3-7-15/h14-16H,2-13H2,1H3/t14-,16-/m1/s1. The van der Waals surface area contributed by atoms with Crippen LogP contribution in [0.4, 0.5) is 0 Å². The van der Waals surface area contributed by atoms with Gasteiger partial charge in [-0.25, -0.2) is 0 Å². The fraction of sp³-hybridized carbons (Fsp3) is 1.00. The Bertz CT molecular complexity index is 252. The van der Waals surface area contributed by atoms with Gasteiger partial charge in [-0.3, -0.25) is 9.80 Å². The van der Waals surface area contributed by atoms with Crippen LogP contribution in [-0.4, -0.2) is 48.1 Å². The first-order valence-electron chi connectivity index (χ1n) is 8.31. The average molecular weight is 250 g/mol. The van der Waals surface area contributed by atoms with Crippen molar-refractivity contribution in [2.75, 3.05) is 26.2 Å². The molecule has 0 unspecified atom stereocenters. The summed E-state index contributed by atoms with van der Waals surface area (Å²) < 4.78 is 0. The SMILES string of the molecule is C[C@@H]1CCC[C@@H](N2CCN(C3CCCC3)CC2)C1. The zero-order valence-corrected chi connectivity index (χ0v) is 12.1. The minimum atomic E-state index is 0.916. The molecular formula is C16H30N2. The highest BCUT2D eigenvalue weighted by Crippen LogP contribution is 2.29. The first kappa shape index (κ1) is 12.9. The third kappa shape index (κ3) is 2.91. The van der Waals surface area contributed by atoms with Gasteiger partial charge in [0.2, 0.25) is 0 Å². The van der Waals surface area contributed by atoms with E-state index in [1.807, 2.05) is 0 Å². The van der Waals surface area contributed by atoms with Gasteiger partial charge in [-0.15, -0.1) is 0 Å². The fourth-order valence-electron chi connectivity index (χ4n) is 4.47. The zero-order valence-electron chi connectivity index (χ0n) is 12.1. The highest BCUT2D eigenvalue weighted by Gasteiger charge is 2.30. The second-order valence-corrected chi connectivity index (χ2v) is 6.94. The molecule has 2 aliphatic carbocycles. The molecule has 2 nitrogen and oxygen atoms in total. The minimum Gasteiger partial charge on any atom is -0.298 e. The van der Waals surface area contributed by atoms with Gasteiger partial charge in [-0.05, 0) is 31.6 Å². The normalized spacial score (nSPS) is 37.2. The van der Waals surface area contributed by atoms with Crippen molar-refractivity contribution in [1.29, 1.82) is 0 Å². The van der Waals surface area contributed by atoms with Crippen molar-refractivity contribution in [2.45, 2.75) is 70.4 Å². The lowest BCUT2D eigenvalue weighted by atomic mass is 9.86. The molecule has 104 valence electrons. The Morgan fingerprint density at radius 1 is 0.667 bits per heavy atom. The van der Waals surface area contributed by atoms with E-state index in [0.717, 1.165) is 18.0 Å². The van der Waals surface area contributed by atoms with Gasteiger partial charge in [-0.1, -0.05) is 32.6 Å². The van der Waals surface area contributed by atoms with E-state index in [4.69, 9.17) is 0 Å². The summed E-state index contributed by atoms with van der Waals surface area (Å²) in [4.78, 5) is 5.59. The molecule has 0 amide bonds. The third-order valence-corrected chi connectivity index (χ3v) is 5.62. The predicted octanol–water partition coefficient (Wildman–Crippen LogP) is 3.13. The molecule has 3 aliphatic rings. The van der Waals surface area contributed by atoms with Crippen LogP contribution in [0.15, 0.2) is 0 Å². The van der Waals surface area contributed by atoms with Crippen LogP contribution in [0.3, 0.4) is 0 Å². The van der Waals surface area contributed by atoms with Gasteiger partial charge in [0.15, 0.2) is 0 Å². The van der Waals surface area contributed by atoms with E-state index in [9.17, 15) is 0 Å². The molecule has 0 aromatic rings. The lowest BCUT2D eigenvalue weighted by Crippen LogP contribution is -2.53. The molecule has 0 aromatic heterocycles. The maximum atomic E-state index is 2.81. The average Bonchev–Trinajstić information content (AvgIpc) is 2.93. The highest BCUT2D eigenvalue weighted by atomic mass is 15.3. The maximum Gasteiger partial charge on any atom is 0.0113 e. The Morgan fingerprint density at radius 3 is 1.83 bits per heavy atom. The number of rotatable bonds is 2. The first-order valence-corrected chi connectivity index (χ1v) is 8.31. The molecule has 18 heavy (non-hydrogen) atoms. The van der Waals surface area contributed by atoms with Crippen LogP contribution < -0.4 is 0 Å². The number of hydrogen-bond donors (Lipinski definition) is 0. The highest BCUT2D eigenvalue weighted by molar-refractivity contribution is 4.86. The molecule has 2 atom stereocenters. The maximum absolute atomic E-state index is 2.81.